The number of hydrogen-bond donors (Lipinski definition) is 3. The van der Waals surface area contributed by atoms with Gasteiger partial charge in [0.1, 0.15) is 6.10 Å². The number of amides is 2. The summed E-state index contributed by atoms with van der Waals surface area (Å²) in [6.45, 7) is 1.77. The van der Waals surface area contributed by atoms with Crippen LogP contribution in [0.2, 0.25) is 0 Å². The number of nitrogens with one attached hydrogen (secondary N) is 1. The van der Waals surface area contributed by atoms with E-state index in [0.717, 1.165) is 12.1 Å². The smallest absolute Gasteiger partial charge is 0.414 e. The van der Waals surface area contributed by atoms with E-state index < -0.39 is 41.6 Å². The largest absolute Gasteiger partial charge is 0.505 e. The summed E-state index contributed by atoms with van der Waals surface area (Å²) in [6, 6.07) is 11.7. The molecule has 0 spiro atoms. The summed E-state index contributed by atoms with van der Waals surface area (Å²) in [5, 5.41) is 11.5. The Hall–Kier alpha value is -3.07. The highest BCUT2D eigenvalue weighted by Crippen LogP contribution is 2.31. The minimum absolute atomic E-state index is 0.0472. The summed E-state index contributed by atoms with van der Waals surface area (Å²) in [4.78, 5) is 35.7. The number of ether oxygens (including phenoxy) is 2. The number of esters is 1. The molecule has 30 heavy (non-hydrogen) atoms. The number of aromatic hydroxyl groups is 1. The molecule has 0 bridgehead atoms. The lowest BCUT2D eigenvalue weighted by Crippen LogP contribution is -2.33. The maximum absolute atomic E-state index is 13.8. The topological polar surface area (TPSA) is 102 Å². The highest BCUT2D eigenvalue weighted by molar-refractivity contribution is 7.81. The van der Waals surface area contributed by atoms with Crippen LogP contribution in [0.25, 0.3) is 0 Å². The first-order chi connectivity index (χ1) is 14.3. The molecule has 0 unspecified atom stereocenters. The fraction of sp³-hybridized carbons (Fsp3) is 0.286. The molecule has 9 heteroatoms. The van der Waals surface area contributed by atoms with Crippen LogP contribution < -0.4 is 5.32 Å². The molecule has 0 aliphatic carbocycles. The van der Waals surface area contributed by atoms with Crippen LogP contribution in [-0.4, -0.2) is 35.4 Å². The number of imide groups is 1. The van der Waals surface area contributed by atoms with Crippen molar-refractivity contribution in [1.82, 2.24) is 5.32 Å². The SMILES string of the molecule is C[C@H](CCOC(=O)CS)[C@@H](OC(=O)NC(=O)c1ccccc1)c1ccc(O)c(F)c1. The van der Waals surface area contributed by atoms with E-state index in [-0.39, 0.29) is 23.5 Å². The minimum atomic E-state index is -1.01. The molecule has 2 amide bonds. The number of phenolic OH excluding ortho intramolecular Hbond substituents is 1. The fourth-order valence-electron chi connectivity index (χ4n) is 2.67. The molecule has 0 aliphatic heterocycles. The first-order valence-electron chi connectivity index (χ1n) is 9.13. The van der Waals surface area contributed by atoms with E-state index in [1.807, 2.05) is 0 Å². The highest BCUT2D eigenvalue weighted by atomic mass is 32.1. The molecule has 0 aliphatic rings. The number of rotatable bonds is 8. The van der Waals surface area contributed by atoms with Crippen molar-refractivity contribution in [3.63, 3.8) is 0 Å². The zero-order valence-electron chi connectivity index (χ0n) is 16.2. The number of thiol groups is 1. The Labute approximate surface area is 178 Å². The second-order valence-corrected chi connectivity index (χ2v) is 6.82. The average Bonchev–Trinajstić information content (AvgIpc) is 2.74. The summed E-state index contributed by atoms with van der Waals surface area (Å²) in [5.74, 6) is -3.04. The summed E-state index contributed by atoms with van der Waals surface area (Å²) < 4.78 is 24.2. The maximum atomic E-state index is 13.8. The number of carbonyl (C=O) groups is 3. The molecule has 0 aromatic heterocycles. The zero-order chi connectivity index (χ0) is 22.1. The van der Waals surface area contributed by atoms with Gasteiger partial charge in [0.05, 0.1) is 12.4 Å². The summed E-state index contributed by atoms with van der Waals surface area (Å²) in [6.07, 6.45) is -1.67. The maximum Gasteiger partial charge on any atom is 0.414 e. The third kappa shape index (κ3) is 6.77. The van der Waals surface area contributed by atoms with E-state index in [1.54, 1.807) is 25.1 Å². The number of carbonyl (C=O) groups excluding carboxylic acids is 3. The van der Waals surface area contributed by atoms with Crippen LogP contribution in [0.4, 0.5) is 9.18 Å². The fourth-order valence-corrected chi connectivity index (χ4v) is 2.76. The monoisotopic (exact) mass is 435 g/mol. The zero-order valence-corrected chi connectivity index (χ0v) is 17.1. The van der Waals surface area contributed by atoms with Gasteiger partial charge in [0.2, 0.25) is 0 Å². The predicted octanol–water partition coefficient (Wildman–Crippen LogP) is 3.64. The van der Waals surface area contributed by atoms with Gasteiger partial charge in [-0.15, -0.1) is 0 Å². The van der Waals surface area contributed by atoms with Gasteiger partial charge in [-0.25, -0.2) is 9.18 Å². The molecular formula is C21H22FNO6S. The van der Waals surface area contributed by atoms with E-state index in [4.69, 9.17) is 9.47 Å². The van der Waals surface area contributed by atoms with Crippen molar-refractivity contribution >= 4 is 30.6 Å². The first kappa shape index (κ1) is 23.2. The molecule has 0 radical (unpaired) electrons. The molecule has 0 saturated carbocycles. The lowest BCUT2D eigenvalue weighted by atomic mass is 9.94. The Morgan fingerprint density at radius 2 is 1.87 bits per heavy atom. The summed E-state index contributed by atoms with van der Waals surface area (Å²) >= 11 is 3.82. The van der Waals surface area contributed by atoms with Crippen LogP contribution in [0.1, 0.15) is 35.4 Å². The molecule has 2 aromatic carbocycles. The summed E-state index contributed by atoms with van der Waals surface area (Å²) in [5.41, 5.74) is 0.550. The van der Waals surface area contributed by atoms with Gasteiger partial charge in [0, 0.05) is 11.5 Å². The van der Waals surface area contributed by atoms with Gasteiger partial charge >= 0.3 is 12.1 Å². The van der Waals surface area contributed by atoms with Crippen molar-refractivity contribution in [2.45, 2.75) is 19.4 Å². The third-order valence-electron chi connectivity index (χ3n) is 4.27. The Balaban J connectivity index is 2.11. The molecule has 2 atom stereocenters. The van der Waals surface area contributed by atoms with Gasteiger partial charge in [-0.1, -0.05) is 31.2 Å². The van der Waals surface area contributed by atoms with Gasteiger partial charge in [-0.05, 0) is 36.2 Å². The van der Waals surface area contributed by atoms with Gasteiger partial charge in [0.15, 0.2) is 11.6 Å². The Bertz CT molecular complexity index is 892. The number of halogens is 1. The standard InChI is InChI=1S/C21H22FNO6S/c1-13(9-10-28-18(25)12-30)19(15-7-8-17(24)16(22)11-15)29-21(27)23-20(26)14-5-3-2-4-6-14/h2-8,11,13,19,24,30H,9-10,12H2,1H3,(H,23,26,27)/t13-,19-/m1/s1. The molecule has 0 fully saturated rings. The first-order valence-corrected chi connectivity index (χ1v) is 9.77. The molecule has 0 heterocycles. The van der Waals surface area contributed by atoms with Crippen LogP contribution in [0.15, 0.2) is 48.5 Å². The molecule has 160 valence electrons. The van der Waals surface area contributed by atoms with Crippen LogP contribution >= 0.6 is 12.6 Å². The minimum Gasteiger partial charge on any atom is -0.505 e. The van der Waals surface area contributed by atoms with Crippen LogP contribution in [0, 0.1) is 11.7 Å². The van der Waals surface area contributed by atoms with Crippen molar-refractivity contribution < 1.29 is 33.4 Å². The molecular weight excluding hydrogens is 413 g/mol. The molecule has 2 rings (SSSR count). The number of phenols is 1. The van der Waals surface area contributed by atoms with E-state index in [9.17, 15) is 23.9 Å². The van der Waals surface area contributed by atoms with Crippen LogP contribution in [-0.2, 0) is 14.3 Å². The Morgan fingerprint density at radius 1 is 1.17 bits per heavy atom. The van der Waals surface area contributed by atoms with E-state index in [2.05, 4.69) is 17.9 Å². The molecule has 0 saturated heterocycles. The van der Waals surface area contributed by atoms with Gasteiger partial charge in [-0.2, -0.15) is 12.6 Å². The molecule has 2 N–H and O–H groups in total. The normalized spacial score (nSPS) is 12.5. The van der Waals surface area contributed by atoms with Crippen molar-refractivity contribution in [2.75, 3.05) is 12.4 Å². The molecule has 2 aromatic rings. The van der Waals surface area contributed by atoms with Crippen molar-refractivity contribution in [1.29, 1.82) is 0 Å². The van der Waals surface area contributed by atoms with Gasteiger partial charge < -0.3 is 14.6 Å². The Kier molecular flexibility index (Phi) is 8.67. The quantitative estimate of drug-likeness (QED) is 0.432. The van der Waals surface area contributed by atoms with Crippen molar-refractivity contribution in [2.24, 2.45) is 5.92 Å². The van der Waals surface area contributed by atoms with Crippen molar-refractivity contribution in [3.05, 3.63) is 65.5 Å². The van der Waals surface area contributed by atoms with E-state index in [0.29, 0.717) is 6.42 Å². The lowest BCUT2D eigenvalue weighted by molar-refractivity contribution is -0.141. The average molecular weight is 435 g/mol. The highest BCUT2D eigenvalue weighted by Gasteiger charge is 2.26. The number of benzene rings is 2. The number of alkyl carbamates (subject to hydrolysis) is 1. The van der Waals surface area contributed by atoms with Crippen LogP contribution in [0.3, 0.4) is 0 Å². The summed E-state index contributed by atoms with van der Waals surface area (Å²) in [7, 11) is 0. The van der Waals surface area contributed by atoms with Crippen LogP contribution in [0.5, 0.6) is 5.75 Å². The second-order valence-electron chi connectivity index (χ2n) is 6.50. The lowest BCUT2D eigenvalue weighted by Gasteiger charge is -2.24. The van der Waals surface area contributed by atoms with Gasteiger partial charge in [-0.3, -0.25) is 14.9 Å². The predicted molar refractivity (Wildman–Crippen MR) is 110 cm³/mol. The third-order valence-corrected chi connectivity index (χ3v) is 4.53. The van der Waals surface area contributed by atoms with E-state index >= 15 is 0 Å². The van der Waals surface area contributed by atoms with E-state index in [1.165, 1.54) is 18.2 Å². The second kappa shape index (κ2) is 11.2. The van der Waals surface area contributed by atoms with Gasteiger partial charge in [0.25, 0.3) is 5.91 Å². The Morgan fingerprint density at radius 3 is 2.50 bits per heavy atom. The molecule has 7 nitrogen and oxygen atoms in total. The van der Waals surface area contributed by atoms with Crippen molar-refractivity contribution in [3.8, 4) is 5.75 Å². The number of hydrogen-bond acceptors (Lipinski definition) is 7.